The molecular formula is C20H35NO4Si. The van der Waals surface area contributed by atoms with E-state index in [9.17, 15) is 9.59 Å². The number of hydrogen-bond acceptors (Lipinski definition) is 4. The molecule has 2 rings (SSSR count). The van der Waals surface area contributed by atoms with Crippen molar-refractivity contribution in [3.8, 4) is 0 Å². The smallest absolute Gasteiger partial charge is 0.410 e. The molecule has 26 heavy (non-hydrogen) atoms. The molecule has 0 aromatic rings. The molecule has 1 heterocycles. The molecule has 0 aromatic carbocycles. The van der Waals surface area contributed by atoms with Crippen LogP contribution >= 0.6 is 0 Å². The van der Waals surface area contributed by atoms with Gasteiger partial charge in [-0.25, -0.2) is 4.79 Å². The van der Waals surface area contributed by atoms with Gasteiger partial charge in [0.25, 0.3) is 0 Å². The quantitative estimate of drug-likeness (QED) is 0.680. The third-order valence-electron chi connectivity index (χ3n) is 5.82. The van der Waals surface area contributed by atoms with Crippen LogP contribution in [0.3, 0.4) is 0 Å². The molecule has 0 bridgehead atoms. The summed E-state index contributed by atoms with van der Waals surface area (Å²) in [5, 5.41) is 0.130. The molecule has 2 aliphatic rings. The van der Waals surface area contributed by atoms with Gasteiger partial charge < -0.3 is 14.1 Å². The second-order valence-electron chi connectivity index (χ2n) is 10.1. The van der Waals surface area contributed by atoms with Crippen LogP contribution in [0.15, 0.2) is 11.6 Å². The highest BCUT2D eigenvalue weighted by Crippen LogP contribution is 2.40. The molecule has 0 radical (unpaired) electrons. The highest BCUT2D eigenvalue weighted by Gasteiger charge is 2.43. The normalized spacial score (nSPS) is 24.4. The summed E-state index contributed by atoms with van der Waals surface area (Å²) in [6.45, 7) is 18.3. The zero-order chi connectivity index (χ0) is 19.9. The molecule has 0 spiro atoms. The predicted octanol–water partition coefficient (Wildman–Crippen LogP) is 4.39. The van der Waals surface area contributed by atoms with Gasteiger partial charge in [-0.1, -0.05) is 20.8 Å². The largest absolute Gasteiger partial charge is 0.444 e. The summed E-state index contributed by atoms with van der Waals surface area (Å²) >= 11 is 0. The molecule has 1 aliphatic carbocycles. The number of amides is 1. The van der Waals surface area contributed by atoms with Gasteiger partial charge in [0.05, 0.1) is 5.92 Å². The number of ketones is 1. The fourth-order valence-corrected chi connectivity index (χ4v) is 4.22. The summed E-state index contributed by atoms with van der Waals surface area (Å²) in [4.78, 5) is 26.5. The standard InChI is InChI=1S/C20H35NO4Si/c1-19(2,3)25-18(23)21-10-9-15-14(12-21)11-17(22)16(15)13-24-26(7,8)20(4,5)6/h11,15-16H,9-10,12-13H2,1-8H3/t15-,16+/m1/s1. The van der Waals surface area contributed by atoms with Crippen molar-refractivity contribution < 1.29 is 18.8 Å². The molecule has 0 aromatic heterocycles. The Labute approximate surface area is 159 Å². The molecule has 6 heteroatoms. The molecule has 1 amide bonds. The third kappa shape index (κ3) is 4.77. The first-order valence-corrected chi connectivity index (χ1v) is 12.5. The van der Waals surface area contributed by atoms with Gasteiger partial charge in [0, 0.05) is 19.7 Å². The van der Waals surface area contributed by atoms with E-state index in [2.05, 4.69) is 33.9 Å². The highest BCUT2D eigenvalue weighted by atomic mass is 28.4. The number of ether oxygens (including phenoxy) is 1. The lowest BCUT2D eigenvalue weighted by atomic mass is 9.85. The Hall–Kier alpha value is -1.14. The maximum atomic E-state index is 12.5. The first-order chi connectivity index (χ1) is 11.7. The Morgan fingerprint density at radius 1 is 1.23 bits per heavy atom. The molecule has 1 fully saturated rings. The number of carbonyl (C=O) groups is 2. The van der Waals surface area contributed by atoms with E-state index in [1.807, 2.05) is 20.8 Å². The topological polar surface area (TPSA) is 55.8 Å². The van der Waals surface area contributed by atoms with Gasteiger partial charge >= 0.3 is 6.09 Å². The number of allylic oxidation sites excluding steroid dienone is 1. The van der Waals surface area contributed by atoms with Gasteiger partial charge in [-0.15, -0.1) is 0 Å². The van der Waals surface area contributed by atoms with Crippen molar-refractivity contribution >= 4 is 20.2 Å². The Morgan fingerprint density at radius 2 is 1.85 bits per heavy atom. The number of piperidine rings is 1. The number of rotatable bonds is 3. The number of nitrogens with zero attached hydrogens (tertiary/aromatic N) is 1. The average molecular weight is 382 g/mol. The van der Waals surface area contributed by atoms with E-state index in [-0.39, 0.29) is 28.8 Å². The van der Waals surface area contributed by atoms with Crippen molar-refractivity contribution in [1.82, 2.24) is 4.90 Å². The van der Waals surface area contributed by atoms with Gasteiger partial charge in [0.15, 0.2) is 14.1 Å². The molecule has 1 aliphatic heterocycles. The van der Waals surface area contributed by atoms with Crippen molar-refractivity contribution in [3.63, 3.8) is 0 Å². The van der Waals surface area contributed by atoms with Crippen LogP contribution < -0.4 is 0 Å². The van der Waals surface area contributed by atoms with Gasteiger partial charge in [-0.2, -0.15) is 0 Å². The van der Waals surface area contributed by atoms with Crippen LogP contribution in [0.25, 0.3) is 0 Å². The Bertz CT molecular complexity index is 598. The van der Waals surface area contributed by atoms with Crippen LogP contribution in [0, 0.1) is 11.8 Å². The molecule has 1 saturated heterocycles. The highest BCUT2D eigenvalue weighted by molar-refractivity contribution is 6.74. The Balaban J connectivity index is 1.98. The summed E-state index contributed by atoms with van der Waals surface area (Å²) in [5.74, 6) is 0.251. The Morgan fingerprint density at radius 3 is 2.38 bits per heavy atom. The second-order valence-corrected chi connectivity index (χ2v) is 14.9. The summed E-state index contributed by atoms with van der Waals surface area (Å²) < 4.78 is 11.8. The van der Waals surface area contributed by atoms with Crippen molar-refractivity contribution in [2.75, 3.05) is 19.7 Å². The summed E-state index contributed by atoms with van der Waals surface area (Å²) in [7, 11) is -1.88. The zero-order valence-corrected chi connectivity index (χ0v) is 18.6. The minimum absolute atomic E-state index is 0.0973. The lowest BCUT2D eigenvalue weighted by molar-refractivity contribution is -0.119. The molecule has 2 atom stereocenters. The van der Waals surface area contributed by atoms with Gasteiger partial charge in [0.2, 0.25) is 0 Å². The van der Waals surface area contributed by atoms with E-state index in [1.165, 1.54) is 0 Å². The minimum Gasteiger partial charge on any atom is -0.444 e. The lowest BCUT2D eigenvalue weighted by Crippen LogP contribution is -2.45. The molecule has 148 valence electrons. The first-order valence-electron chi connectivity index (χ1n) is 9.57. The molecule has 0 unspecified atom stereocenters. The summed E-state index contributed by atoms with van der Waals surface area (Å²) in [6, 6.07) is 0. The van der Waals surface area contributed by atoms with Gasteiger partial charge in [-0.05, 0) is 62.9 Å². The van der Waals surface area contributed by atoms with Crippen molar-refractivity contribution in [3.05, 3.63) is 11.6 Å². The SMILES string of the molecule is CC(C)(C)OC(=O)N1CC[C@@H]2C(=CC(=O)[C@H]2CO[Si](C)(C)C(C)(C)C)C1. The average Bonchev–Trinajstić information content (AvgIpc) is 2.76. The number of hydrogen-bond donors (Lipinski definition) is 0. The van der Waals surface area contributed by atoms with Crippen LogP contribution in [-0.4, -0.2) is 50.4 Å². The summed E-state index contributed by atoms with van der Waals surface area (Å²) in [6.07, 6.45) is 2.23. The third-order valence-corrected chi connectivity index (χ3v) is 10.3. The van der Waals surface area contributed by atoms with Crippen LogP contribution in [0.1, 0.15) is 48.0 Å². The summed E-state index contributed by atoms with van der Waals surface area (Å²) in [5.41, 5.74) is 0.545. The zero-order valence-electron chi connectivity index (χ0n) is 17.6. The van der Waals surface area contributed by atoms with E-state index in [4.69, 9.17) is 9.16 Å². The monoisotopic (exact) mass is 381 g/mol. The fourth-order valence-electron chi connectivity index (χ4n) is 3.19. The van der Waals surface area contributed by atoms with E-state index < -0.39 is 13.9 Å². The van der Waals surface area contributed by atoms with Crippen LogP contribution in [-0.2, 0) is 14.0 Å². The van der Waals surface area contributed by atoms with Crippen LogP contribution in [0.2, 0.25) is 18.1 Å². The number of carbonyl (C=O) groups excluding carboxylic acids is 2. The van der Waals surface area contributed by atoms with E-state index in [1.54, 1.807) is 11.0 Å². The maximum Gasteiger partial charge on any atom is 0.410 e. The second kappa shape index (κ2) is 7.11. The predicted molar refractivity (Wildman–Crippen MR) is 106 cm³/mol. The van der Waals surface area contributed by atoms with E-state index in [0.29, 0.717) is 19.7 Å². The molecule has 0 N–H and O–H groups in total. The van der Waals surface area contributed by atoms with E-state index in [0.717, 1.165) is 12.0 Å². The van der Waals surface area contributed by atoms with Crippen molar-refractivity contribution in [1.29, 1.82) is 0 Å². The Kier molecular flexibility index (Phi) is 5.79. The van der Waals surface area contributed by atoms with Crippen molar-refractivity contribution in [2.24, 2.45) is 11.8 Å². The number of fused-ring (bicyclic) bond motifs is 1. The lowest BCUT2D eigenvalue weighted by Gasteiger charge is -2.38. The van der Waals surface area contributed by atoms with Crippen molar-refractivity contribution in [2.45, 2.75) is 71.7 Å². The first kappa shape index (κ1) is 21.2. The molecular weight excluding hydrogens is 346 g/mol. The van der Waals surface area contributed by atoms with Gasteiger partial charge in [0.1, 0.15) is 5.60 Å². The molecule has 0 saturated carbocycles. The minimum atomic E-state index is -1.88. The fraction of sp³-hybridized carbons (Fsp3) is 0.800. The number of likely N-dealkylation sites (tertiary alicyclic amines) is 1. The van der Waals surface area contributed by atoms with Crippen LogP contribution in [0.5, 0.6) is 0 Å². The van der Waals surface area contributed by atoms with Crippen LogP contribution in [0.4, 0.5) is 4.79 Å². The molecule has 5 nitrogen and oxygen atoms in total. The maximum absolute atomic E-state index is 12.5. The van der Waals surface area contributed by atoms with Gasteiger partial charge in [-0.3, -0.25) is 4.79 Å². The van der Waals surface area contributed by atoms with E-state index >= 15 is 0 Å².